The molecule has 0 saturated heterocycles. The van der Waals surface area contributed by atoms with Crippen LogP contribution in [0.2, 0.25) is 0 Å². The quantitative estimate of drug-likeness (QED) is 0.629. The Morgan fingerprint density at radius 3 is 2.21 bits per heavy atom. The predicted octanol–water partition coefficient (Wildman–Crippen LogP) is 4.30. The van der Waals surface area contributed by atoms with Gasteiger partial charge in [0.1, 0.15) is 0 Å². The zero-order chi connectivity index (χ0) is 10.0. The van der Waals surface area contributed by atoms with Crippen molar-refractivity contribution in [1.82, 2.24) is 0 Å². The maximum absolute atomic E-state index is 6.61. The van der Waals surface area contributed by atoms with E-state index in [1.807, 2.05) is 18.2 Å². The molecule has 1 fully saturated rings. The topological polar surface area (TPSA) is 0 Å². The summed E-state index contributed by atoms with van der Waals surface area (Å²) in [5.41, 5.74) is 1.24. The molecule has 0 aliphatic heterocycles. The minimum Gasteiger partial charge on any atom is -0.123 e. The van der Waals surface area contributed by atoms with E-state index in [4.69, 9.17) is 23.2 Å². The molecule has 0 nitrogen and oxygen atoms in total. The molecule has 0 heterocycles. The van der Waals surface area contributed by atoms with Crippen molar-refractivity contribution in [2.45, 2.75) is 35.9 Å². The van der Waals surface area contributed by atoms with Crippen LogP contribution in [0.5, 0.6) is 0 Å². The number of hydrogen-bond acceptors (Lipinski definition) is 0. The molecule has 0 spiro atoms. The summed E-state index contributed by atoms with van der Waals surface area (Å²) in [6, 6.07) is 10.3. The SMILES string of the molecule is ClC1CCC(Cl)(c2ccccc2)CC1. The molecule has 1 aliphatic rings. The van der Waals surface area contributed by atoms with E-state index in [-0.39, 0.29) is 4.87 Å². The maximum atomic E-state index is 6.61. The van der Waals surface area contributed by atoms with Gasteiger partial charge >= 0.3 is 0 Å². The van der Waals surface area contributed by atoms with Crippen LogP contribution in [0.3, 0.4) is 0 Å². The lowest BCUT2D eigenvalue weighted by atomic mass is 9.83. The van der Waals surface area contributed by atoms with E-state index in [1.54, 1.807) is 0 Å². The third kappa shape index (κ3) is 2.07. The fourth-order valence-electron chi connectivity index (χ4n) is 2.07. The lowest BCUT2D eigenvalue weighted by molar-refractivity contribution is 0.404. The van der Waals surface area contributed by atoms with Crippen LogP contribution in [-0.4, -0.2) is 5.38 Å². The van der Waals surface area contributed by atoms with Crippen LogP contribution in [0.25, 0.3) is 0 Å². The minimum absolute atomic E-state index is 0.160. The third-order valence-corrected chi connectivity index (χ3v) is 4.03. The number of hydrogen-bond donors (Lipinski definition) is 0. The zero-order valence-corrected chi connectivity index (χ0v) is 9.56. The highest BCUT2D eigenvalue weighted by Gasteiger charge is 2.33. The van der Waals surface area contributed by atoms with E-state index >= 15 is 0 Å². The summed E-state index contributed by atoms with van der Waals surface area (Å²) < 4.78 is 0. The van der Waals surface area contributed by atoms with Crippen molar-refractivity contribution in [3.63, 3.8) is 0 Å². The summed E-state index contributed by atoms with van der Waals surface area (Å²) >= 11 is 12.7. The number of halogens is 2. The maximum Gasteiger partial charge on any atom is 0.0696 e. The molecule has 1 aromatic rings. The van der Waals surface area contributed by atoms with Gasteiger partial charge in [0.05, 0.1) is 4.87 Å². The van der Waals surface area contributed by atoms with Crippen LogP contribution in [0.1, 0.15) is 31.2 Å². The Morgan fingerprint density at radius 2 is 1.64 bits per heavy atom. The molecular weight excluding hydrogens is 215 g/mol. The second-order valence-electron chi connectivity index (χ2n) is 4.01. The molecule has 0 N–H and O–H groups in total. The fraction of sp³-hybridized carbons (Fsp3) is 0.500. The summed E-state index contributed by atoms with van der Waals surface area (Å²) in [6.45, 7) is 0. The van der Waals surface area contributed by atoms with Crippen molar-refractivity contribution in [2.75, 3.05) is 0 Å². The molecule has 0 unspecified atom stereocenters. The second-order valence-corrected chi connectivity index (χ2v) is 5.35. The van der Waals surface area contributed by atoms with Crippen molar-refractivity contribution >= 4 is 23.2 Å². The highest BCUT2D eigenvalue weighted by atomic mass is 35.5. The van der Waals surface area contributed by atoms with Crippen molar-refractivity contribution < 1.29 is 0 Å². The molecule has 76 valence electrons. The van der Waals surface area contributed by atoms with Crippen LogP contribution in [0, 0.1) is 0 Å². The Balaban J connectivity index is 2.17. The average Bonchev–Trinajstić information content (AvgIpc) is 2.24. The highest BCUT2D eigenvalue weighted by molar-refractivity contribution is 6.24. The van der Waals surface area contributed by atoms with Gasteiger partial charge in [0.15, 0.2) is 0 Å². The highest BCUT2D eigenvalue weighted by Crippen LogP contribution is 2.43. The van der Waals surface area contributed by atoms with Gasteiger partial charge in [-0.2, -0.15) is 0 Å². The summed E-state index contributed by atoms with van der Waals surface area (Å²) in [7, 11) is 0. The van der Waals surface area contributed by atoms with Crippen LogP contribution < -0.4 is 0 Å². The lowest BCUT2D eigenvalue weighted by Crippen LogP contribution is -2.26. The Morgan fingerprint density at radius 1 is 1.07 bits per heavy atom. The second kappa shape index (κ2) is 4.12. The molecule has 1 aliphatic carbocycles. The van der Waals surface area contributed by atoms with E-state index in [9.17, 15) is 0 Å². The van der Waals surface area contributed by atoms with Gasteiger partial charge in [-0.05, 0) is 31.2 Å². The average molecular weight is 229 g/mol. The van der Waals surface area contributed by atoms with Gasteiger partial charge in [-0.3, -0.25) is 0 Å². The van der Waals surface area contributed by atoms with Gasteiger partial charge in [-0.1, -0.05) is 30.3 Å². The summed E-state index contributed by atoms with van der Waals surface area (Å²) in [5.74, 6) is 0. The standard InChI is InChI=1S/C12H14Cl2/c13-11-6-8-12(14,9-7-11)10-4-2-1-3-5-10/h1-5,11H,6-9H2. The molecule has 2 heteroatoms. The Kier molecular flexibility index (Phi) is 3.04. The first-order valence-electron chi connectivity index (χ1n) is 5.09. The van der Waals surface area contributed by atoms with Crippen molar-refractivity contribution in [1.29, 1.82) is 0 Å². The molecule has 1 saturated carbocycles. The van der Waals surface area contributed by atoms with Gasteiger partial charge in [-0.15, -0.1) is 23.2 Å². The fourth-order valence-corrected chi connectivity index (χ4v) is 2.63. The number of alkyl halides is 2. The smallest absolute Gasteiger partial charge is 0.0696 e. The van der Waals surface area contributed by atoms with Crippen LogP contribution in [-0.2, 0) is 4.87 Å². The zero-order valence-electron chi connectivity index (χ0n) is 8.05. The monoisotopic (exact) mass is 228 g/mol. The van der Waals surface area contributed by atoms with E-state index in [1.165, 1.54) is 5.56 Å². The molecule has 0 atom stereocenters. The van der Waals surface area contributed by atoms with Crippen molar-refractivity contribution in [3.8, 4) is 0 Å². The summed E-state index contributed by atoms with van der Waals surface area (Å²) in [6.07, 6.45) is 4.04. The van der Waals surface area contributed by atoms with Gasteiger partial charge in [0, 0.05) is 5.38 Å². The van der Waals surface area contributed by atoms with Crippen LogP contribution in [0.15, 0.2) is 30.3 Å². The van der Waals surface area contributed by atoms with E-state index < -0.39 is 0 Å². The summed E-state index contributed by atoms with van der Waals surface area (Å²) in [5, 5.41) is 0.325. The van der Waals surface area contributed by atoms with E-state index in [0.717, 1.165) is 25.7 Å². The summed E-state index contributed by atoms with van der Waals surface area (Å²) in [4.78, 5) is -0.160. The van der Waals surface area contributed by atoms with Gasteiger partial charge in [0.25, 0.3) is 0 Å². The molecule has 0 aromatic heterocycles. The molecule has 1 aromatic carbocycles. The lowest BCUT2D eigenvalue weighted by Gasteiger charge is -2.33. The van der Waals surface area contributed by atoms with Crippen LogP contribution in [0.4, 0.5) is 0 Å². The van der Waals surface area contributed by atoms with E-state index in [2.05, 4.69) is 12.1 Å². The minimum atomic E-state index is -0.160. The van der Waals surface area contributed by atoms with Crippen LogP contribution >= 0.6 is 23.2 Å². The van der Waals surface area contributed by atoms with Gasteiger partial charge in [-0.25, -0.2) is 0 Å². The number of benzene rings is 1. The third-order valence-electron chi connectivity index (χ3n) is 3.00. The Hall–Kier alpha value is -0.200. The van der Waals surface area contributed by atoms with Crippen molar-refractivity contribution in [2.24, 2.45) is 0 Å². The Bertz CT molecular complexity index is 286. The Labute approximate surface area is 95.2 Å². The molecule has 0 radical (unpaired) electrons. The molecule has 2 rings (SSSR count). The first-order chi connectivity index (χ1) is 6.71. The van der Waals surface area contributed by atoms with Gasteiger partial charge in [0.2, 0.25) is 0 Å². The van der Waals surface area contributed by atoms with Crippen molar-refractivity contribution in [3.05, 3.63) is 35.9 Å². The number of rotatable bonds is 1. The molecular formula is C12H14Cl2. The molecule has 0 bridgehead atoms. The first-order valence-corrected chi connectivity index (χ1v) is 5.91. The van der Waals surface area contributed by atoms with Gasteiger partial charge < -0.3 is 0 Å². The predicted molar refractivity (Wildman–Crippen MR) is 62.1 cm³/mol. The first kappa shape index (κ1) is 10.3. The largest absolute Gasteiger partial charge is 0.123 e. The van der Waals surface area contributed by atoms with E-state index in [0.29, 0.717) is 5.38 Å². The molecule has 14 heavy (non-hydrogen) atoms. The normalized spacial score (nSPS) is 32.9. The molecule has 0 amide bonds.